The molecule has 0 saturated heterocycles. The van der Waals surface area contributed by atoms with Crippen LogP contribution in [0.25, 0.3) is 0 Å². The van der Waals surface area contributed by atoms with Gasteiger partial charge in [0.05, 0.1) is 0 Å². The average Bonchev–Trinajstić information content (AvgIpc) is 2.58. The van der Waals surface area contributed by atoms with Gasteiger partial charge in [-0.25, -0.2) is 4.79 Å². The Balaban J connectivity index is 0.00000576. The molecule has 0 radical (unpaired) electrons. The van der Waals surface area contributed by atoms with Crippen molar-refractivity contribution in [2.45, 2.75) is 39.8 Å². The third kappa shape index (κ3) is 9.94. The van der Waals surface area contributed by atoms with Crippen molar-refractivity contribution >= 4 is 24.3 Å². The molecule has 0 aliphatic carbocycles. The summed E-state index contributed by atoms with van der Waals surface area (Å²) in [6.07, 6.45) is 1.06. The van der Waals surface area contributed by atoms with Gasteiger partial charge in [0.1, 0.15) is 6.04 Å². The average molecular weight is 371 g/mol. The SMILES string of the molecule is CCCNCCNC(=O)C(NC(=O)NCc1ccccc1)C(C)C.Cl. The lowest BCUT2D eigenvalue weighted by Gasteiger charge is -2.22. The summed E-state index contributed by atoms with van der Waals surface area (Å²) in [5, 5.41) is 11.6. The van der Waals surface area contributed by atoms with Gasteiger partial charge in [0.15, 0.2) is 0 Å². The molecule has 1 atom stereocenters. The lowest BCUT2D eigenvalue weighted by Crippen LogP contribution is -2.53. The third-order valence-electron chi connectivity index (χ3n) is 3.56. The van der Waals surface area contributed by atoms with Gasteiger partial charge < -0.3 is 21.3 Å². The highest BCUT2D eigenvalue weighted by Crippen LogP contribution is 2.02. The Hall–Kier alpha value is -1.79. The molecule has 0 bridgehead atoms. The third-order valence-corrected chi connectivity index (χ3v) is 3.56. The largest absolute Gasteiger partial charge is 0.353 e. The number of urea groups is 1. The molecule has 0 saturated carbocycles. The van der Waals surface area contributed by atoms with E-state index in [2.05, 4.69) is 28.2 Å². The molecule has 1 aromatic carbocycles. The molecule has 0 heterocycles. The number of halogens is 1. The van der Waals surface area contributed by atoms with Crippen LogP contribution in [0.3, 0.4) is 0 Å². The first kappa shape index (κ1) is 23.2. The molecule has 0 aliphatic heterocycles. The Morgan fingerprint density at radius 3 is 2.28 bits per heavy atom. The van der Waals surface area contributed by atoms with Crippen LogP contribution in [0.4, 0.5) is 4.79 Å². The molecule has 1 rings (SSSR count). The molecule has 1 unspecified atom stereocenters. The molecule has 142 valence electrons. The number of nitrogens with one attached hydrogen (secondary N) is 4. The molecule has 6 nitrogen and oxygen atoms in total. The number of carbonyl (C=O) groups is 2. The molecule has 3 amide bonds. The van der Waals surface area contributed by atoms with Gasteiger partial charge in [0, 0.05) is 19.6 Å². The Labute approximate surface area is 156 Å². The van der Waals surface area contributed by atoms with Gasteiger partial charge in [0.25, 0.3) is 0 Å². The van der Waals surface area contributed by atoms with Crippen LogP contribution in [0.5, 0.6) is 0 Å². The zero-order valence-corrected chi connectivity index (χ0v) is 16.1. The van der Waals surface area contributed by atoms with Crippen LogP contribution in [0.2, 0.25) is 0 Å². The van der Waals surface area contributed by atoms with Gasteiger partial charge in [-0.3, -0.25) is 4.79 Å². The normalized spacial score (nSPS) is 11.4. The zero-order valence-electron chi connectivity index (χ0n) is 15.3. The summed E-state index contributed by atoms with van der Waals surface area (Å²) in [6, 6.07) is 8.77. The first-order valence-corrected chi connectivity index (χ1v) is 8.61. The fraction of sp³-hybridized carbons (Fsp3) is 0.556. The van der Waals surface area contributed by atoms with E-state index in [0.29, 0.717) is 13.1 Å². The first-order valence-electron chi connectivity index (χ1n) is 8.61. The second-order valence-electron chi connectivity index (χ2n) is 6.08. The van der Waals surface area contributed by atoms with E-state index in [1.807, 2.05) is 44.2 Å². The monoisotopic (exact) mass is 370 g/mol. The predicted octanol–water partition coefficient (Wildman–Crippen LogP) is 2.05. The van der Waals surface area contributed by atoms with Crippen molar-refractivity contribution in [2.75, 3.05) is 19.6 Å². The van der Waals surface area contributed by atoms with Gasteiger partial charge in [-0.1, -0.05) is 51.1 Å². The highest BCUT2D eigenvalue weighted by Gasteiger charge is 2.23. The van der Waals surface area contributed by atoms with E-state index in [0.717, 1.165) is 25.1 Å². The number of hydrogen-bond acceptors (Lipinski definition) is 3. The molecule has 0 fully saturated rings. The first-order chi connectivity index (χ1) is 11.5. The summed E-state index contributed by atoms with van der Waals surface area (Å²) in [5.41, 5.74) is 1.01. The Morgan fingerprint density at radius 2 is 1.68 bits per heavy atom. The predicted molar refractivity (Wildman–Crippen MR) is 104 cm³/mol. The van der Waals surface area contributed by atoms with Crippen molar-refractivity contribution in [3.8, 4) is 0 Å². The highest BCUT2D eigenvalue weighted by molar-refractivity contribution is 5.87. The minimum atomic E-state index is -0.549. The summed E-state index contributed by atoms with van der Waals surface area (Å²) < 4.78 is 0. The number of amides is 3. The molecule has 4 N–H and O–H groups in total. The molecule has 25 heavy (non-hydrogen) atoms. The summed E-state index contributed by atoms with van der Waals surface area (Å²) in [5.74, 6) is -0.144. The Kier molecular flexibility index (Phi) is 12.5. The van der Waals surface area contributed by atoms with Crippen LogP contribution in [0, 0.1) is 5.92 Å². The van der Waals surface area contributed by atoms with Crippen molar-refractivity contribution in [3.63, 3.8) is 0 Å². The van der Waals surface area contributed by atoms with Crippen LogP contribution in [-0.2, 0) is 11.3 Å². The maximum absolute atomic E-state index is 12.2. The molecular formula is C18H31ClN4O2. The van der Waals surface area contributed by atoms with Gasteiger partial charge >= 0.3 is 6.03 Å². The van der Waals surface area contributed by atoms with E-state index in [1.165, 1.54) is 0 Å². The maximum atomic E-state index is 12.2. The topological polar surface area (TPSA) is 82.3 Å². The second kappa shape index (κ2) is 13.5. The highest BCUT2D eigenvalue weighted by atomic mass is 35.5. The van der Waals surface area contributed by atoms with Crippen LogP contribution in [0.15, 0.2) is 30.3 Å². The summed E-state index contributed by atoms with van der Waals surface area (Å²) in [7, 11) is 0. The van der Waals surface area contributed by atoms with E-state index < -0.39 is 6.04 Å². The fourth-order valence-electron chi connectivity index (χ4n) is 2.19. The molecule has 7 heteroatoms. The van der Waals surface area contributed by atoms with Crippen molar-refractivity contribution in [3.05, 3.63) is 35.9 Å². The minimum absolute atomic E-state index is 0. The minimum Gasteiger partial charge on any atom is -0.353 e. The van der Waals surface area contributed by atoms with Gasteiger partial charge in [-0.15, -0.1) is 12.4 Å². The molecular weight excluding hydrogens is 340 g/mol. The van der Waals surface area contributed by atoms with E-state index in [9.17, 15) is 9.59 Å². The number of carbonyl (C=O) groups excluding carboxylic acids is 2. The summed E-state index contributed by atoms with van der Waals surface area (Å²) in [4.78, 5) is 24.3. The summed E-state index contributed by atoms with van der Waals surface area (Å²) in [6.45, 7) is 8.57. The Morgan fingerprint density at radius 1 is 1.00 bits per heavy atom. The van der Waals surface area contributed by atoms with E-state index in [4.69, 9.17) is 0 Å². The van der Waals surface area contributed by atoms with E-state index >= 15 is 0 Å². The van der Waals surface area contributed by atoms with Crippen LogP contribution in [0.1, 0.15) is 32.8 Å². The van der Waals surface area contributed by atoms with Crippen molar-refractivity contribution in [1.82, 2.24) is 21.3 Å². The Bertz CT molecular complexity index is 497. The molecule has 1 aromatic rings. The van der Waals surface area contributed by atoms with E-state index in [1.54, 1.807) is 0 Å². The second-order valence-corrected chi connectivity index (χ2v) is 6.08. The smallest absolute Gasteiger partial charge is 0.315 e. The lowest BCUT2D eigenvalue weighted by atomic mass is 10.0. The van der Waals surface area contributed by atoms with Crippen molar-refractivity contribution < 1.29 is 9.59 Å². The van der Waals surface area contributed by atoms with E-state index in [-0.39, 0.29) is 30.3 Å². The standard InChI is InChI=1S/C18H30N4O2.ClH/c1-4-10-19-11-12-20-17(23)16(14(2)3)22-18(24)21-13-15-8-6-5-7-9-15;/h5-9,14,16,19H,4,10-13H2,1-3H3,(H,20,23)(H2,21,22,24);1H. The number of rotatable bonds is 10. The maximum Gasteiger partial charge on any atom is 0.315 e. The molecule has 0 spiro atoms. The van der Waals surface area contributed by atoms with Crippen LogP contribution in [-0.4, -0.2) is 37.6 Å². The van der Waals surface area contributed by atoms with Crippen LogP contribution >= 0.6 is 12.4 Å². The zero-order chi connectivity index (χ0) is 17.8. The van der Waals surface area contributed by atoms with Crippen molar-refractivity contribution in [2.24, 2.45) is 5.92 Å². The molecule has 0 aromatic heterocycles. The fourth-order valence-corrected chi connectivity index (χ4v) is 2.19. The van der Waals surface area contributed by atoms with Gasteiger partial charge in [-0.2, -0.15) is 0 Å². The van der Waals surface area contributed by atoms with Crippen molar-refractivity contribution in [1.29, 1.82) is 0 Å². The lowest BCUT2D eigenvalue weighted by molar-refractivity contribution is -0.123. The number of benzene rings is 1. The van der Waals surface area contributed by atoms with Gasteiger partial charge in [-0.05, 0) is 24.4 Å². The quantitative estimate of drug-likeness (QED) is 0.476. The molecule has 0 aliphatic rings. The van der Waals surface area contributed by atoms with Gasteiger partial charge in [0.2, 0.25) is 5.91 Å². The summed E-state index contributed by atoms with van der Waals surface area (Å²) >= 11 is 0. The van der Waals surface area contributed by atoms with Crippen LogP contribution < -0.4 is 21.3 Å². The number of hydrogen-bond donors (Lipinski definition) is 4.